The Morgan fingerprint density at radius 1 is 1.16 bits per heavy atom. The van der Waals surface area contributed by atoms with Crippen molar-refractivity contribution < 1.29 is 19.2 Å². The highest BCUT2D eigenvalue weighted by Crippen LogP contribution is 2.04. The summed E-state index contributed by atoms with van der Waals surface area (Å²) < 4.78 is 0. The molecule has 0 spiro atoms. The first-order valence-corrected chi connectivity index (χ1v) is 7.95. The van der Waals surface area contributed by atoms with Crippen LogP contribution in [0.5, 0.6) is 0 Å². The Labute approximate surface area is 147 Å². The number of amides is 3. The number of rotatable bonds is 11. The summed E-state index contributed by atoms with van der Waals surface area (Å²) in [6.45, 7) is 4.62. The monoisotopic (exact) mass is 348 g/mol. The van der Waals surface area contributed by atoms with Crippen molar-refractivity contribution in [2.75, 3.05) is 32.8 Å². The number of oxime groups is 1. The Bertz CT molecular complexity index is 586. The Morgan fingerprint density at radius 2 is 1.84 bits per heavy atom. The predicted octanol–water partition coefficient (Wildman–Crippen LogP) is 0.403. The predicted molar refractivity (Wildman–Crippen MR) is 94.2 cm³/mol. The molecule has 0 bridgehead atoms. The lowest BCUT2D eigenvalue weighted by molar-refractivity contribution is -0.125. The fraction of sp³-hybridized carbons (Fsp3) is 0.412. The molecule has 0 atom stereocenters. The quantitative estimate of drug-likeness (QED) is 0.262. The third-order valence-corrected chi connectivity index (χ3v) is 3.06. The number of nitrogens with zero attached hydrogens (tertiary/aromatic N) is 2. The largest absolute Gasteiger partial charge is 0.386 e. The fourth-order valence-corrected chi connectivity index (χ4v) is 1.94. The maximum absolute atomic E-state index is 12.5. The van der Waals surface area contributed by atoms with Gasteiger partial charge in [-0.2, -0.15) is 0 Å². The Hall–Kier alpha value is -2.90. The van der Waals surface area contributed by atoms with Crippen molar-refractivity contribution in [3.05, 3.63) is 35.9 Å². The summed E-state index contributed by atoms with van der Waals surface area (Å²) >= 11 is 0. The summed E-state index contributed by atoms with van der Waals surface area (Å²) in [4.78, 5) is 41.0. The van der Waals surface area contributed by atoms with E-state index in [1.807, 2.05) is 6.07 Å². The van der Waals surface area contributed by atoms with Crippen LogP contribution >= 0.6 is 0 Å². The van der Waals surface area contributed by atoms with Crippen molar-refractivity contribution >= 4 is 23.9 Å². The van der Waals surface area contributed by atoms with Crippen LogP contribution in [0, 0.1) is 0 Å². The van der Waals surface area contributed by atoms with Gasteiger partial charge in [0.1, 0.15) is 0 Å². The summed E-state index contributed by atoms with van der Waals surface area (Å²) in [6, 6.07) is 8.84. The van der Waals surface area contributed by atoms with E-state index in [9.17, 15) is 14.4 Å². The summed E-state index contributed by atoms with van der Waals surface area (Å²) in [5, 5.41) is 8.87. The van der Waals surface area contributed by atoms with Gasteiger partial charge in [-0.05, 0) is 26.0 Å². The number of carbonyl (C=O) groups excluding carboxylic acids is 3. The summed E-state index contributed by atoms with van der Waals surface area (Å²) in [7, 11) is 0. The average molecular weight is 348 g/mol. The molecule has 0 saturated carbocycles. The van der Waals surface area contributed by atoms with E-state index in [1.165, 1.54) is 0 Å². The van der Waals surface area contributed by atoms with Crippen LogP contribution in [-0.4, -0.2) is 61.6 Å². The van der Waals surface area contributed by atoms with Crippen LogP contribution in [0.4, 0.5) is 0 Å². The van der Waals surface area contributed by atoms with E-state index in [0.29, 0.717) is 31.6 Å². The van der Waals surface area contributed by atoms with Crippen LogP contribution in [-0.2, 0) is 14.4 Å². The SMILES string of the molecule is CC(C)=NOCC(=O)NCCN(CCNC=O)C(=O)c1ccccc1. The zero-order valence-corrected chi connectivity index (χ0v) is 14.5. The third kappa shape index (κ3) is 8.50. The van der Waals surface area contributed by atoms with Crippen molar-refractivity contribution in [3.8, 4) is 0 Å². The molecular weight excluding hydrogens is 324 g/mol. The average Bonchev–Trinajstić information content (AvgIpc) is 2.60. The van der Waals surface area contributed by atoms with Crippen LogP contribution in [0.1, 0.15) is 24.2 Å². The summed E-state index contributed by atoms with van der Waals surface area (Å²) in [6.07, 6.45) is 0.584. The van der Waals surface area contributed by atoms with Gasteiger partial charge < -0.3 is 20.4 Å². The number of hydrogen-bond acceptors (Lipinski definition) is 5. The fourth-order valence-electron chi connectivity index (χ4n) is 1.94. The molecule has 25 heavy (non-hydrogen) atoms. The smallest absolute Gasteiger partial charge is 0.260 e. The van der Waals surface area contributed by atoms with Crippen LogP contribution in [0.2, 0.25) is 0 Å². The van der Waals surface area contributed by atoms with E-state index in [0.717, 1.165) is 5.71 Å². The number of carbonyl (C=O) groups is 3. The molecule has 0 saturated heterocycles. The molecule has 2 N–H and O–H groups in total. The molecule has 0 unspecified atom stereocenters. The maximum atomic E-state index is 12.5. The van der Waals surface area contributed by atoms with Gasteiger partial charge in [0.25, 0.3) is 11.8 Å². The minimum atomic E-state index is -0.317. The molecule has 8 heteroatoms. The first kappa shape index (κ1) is 20.1. The molecule has 0 aliphatic heterocycles. The molecule has 1 aromatic rings. The van der Waals surface area contributed by atoms with Crippen molar-refractivity contribution in [1.82, 2.24) is 15.5 Å². The van der Waals surface area contributed by atoms with Crippen LogP contribution in [0.15, 0.2) is 35.5 Å². The molecule has 1 rings (SSSR count). The van der Waals surface area contributed by atoms with E-state index in [1.54, 1.807) is 43.0 Å². The summed E-state index contributed by atoms with van der Waals surface area (Å²) in [5.41, 5.74) is 1.27. The zero-order valence-electron chi connectivity index (χ0n) is 14.5. The van der Waals surface area contributed by atoms with Crippen molar-refractivity contribution in [3.63, 3.8) is 0 Å². The Kier molecular flexibility index (Phi) is 9.35. The topological polar surface area (TPSA) is 100 Å². The van der Waals surface area contributed by atoms with E-state index < -0.39 is 0 Å². The lowest BCUT2D eigenvalue weighted by Crippen LogP contribution is -2.42. The molecule has 0 radical (unpaired) electrons. The van der Waals surface area contributed by atoms with Gasteiger partial charge in [0, 0.05) is 31.7 Å². The van der Waals surface area contributed by atoms with Crippen LogP contribution < -0.4 is 10.6 Å². The zero-order chi connectivity index (χ0) is 18.5. The van der Waals surface area contributed by atoms with E-state index in [2.05, 4.69) is 15.8 Å². The van der Waals surface area contributed by atoms with Crippen LogP contribution in [0.3, 0.4) is 0 Å². The number of benzene rings is 1. The van der Waals surface area contributed by atoms with Gasteiger partial charge in [0.15, 0.2) is 6.61 Å². The second-order valence-electron chi connectivity index (χ2n) is 5.39. The maximum Gasteiger partial charge on any atom is 0.260 e. The number of nitrogens with one attached hydrogen (secondary N) is 2. The van der Waals surface area contributed by atoms with Gasteiger partial charge in [-0.3, -0.25) is 14.4 Å². The highest BCUT2D eigenvalue weighted by molar-refractivity contribution is 5.94. The second kappa shape index (κ2) is 11.6. The molecule has 0 aromatic heterocycles. The lowest BCUT2D eigenvalue weighted by Gasteiger charge is -2.22. The highest BCUT2D eigenvalue weighted by Gasteiger charge is 2.15. The lowest BCUT2D eigenvalue weighted by atomic mass is 10.2. The van der Waals surface area contributed by atoms with E-state index in [-0.39, 0.29) is 25.0 Å². The molecule has 8 nitrogen and oxygen atoms in total. The first-order chi connectivity index (χ1) is 12.0. The minimum Gasteiger partial charge on any atom is -0.386 e. The molecule has 0 aliphatic rings. The molecule has 0 fully saturated rings. The minimum absolute atomic E-state index is 0.162. The van der Waals surface area contributed by atoms with Crippen LogP contribution in [0.25, 0.3) is 0 Å². The Balaban J connectivity index is 2.50. The Morgan fingerprint density at radius 3 is 2.48 bits per heavy atom. The van der Waals surface area contributed by atoms with Gasteiger partial charge >= 0.3 is 0 Å². The summed E-state index contributed by atoms with van der Waals surface area (Å²) in [5.74, 6) is -0.479. The molecule has 0 aliphatic carbocycles. The third-order valence-electron chi connectivity index (χ3n) is 3.06. The molecule has 1 aromatic carbocycles. The van der Waals surface area contributed by atoms with Gasteiger partial charge in [0.05, 0.1) is 5.71 Å². The van der Waals surface area contributed by atoms with Crippen molar-refractivity contribution in [2.24, 2.45) is 5.16 Å². The van der Waals surface area contributed by atoms with Crippen molar-refractivity contribution in [2.45, 2.75) is 13.8 Å². The molecular formula is C17H24N4O4. The molecule has 3 amide bonds. The van der Waals surface area contributed by atoms with Gasteiger partial charge in [0.2, 0.25) is 6.41 Å². The number of hydrogen-bond donors (Lipinski definition) is 2. The first-order valence-electron chi connectivity index (χ1n) is 7.95. The van der Waals surface area contributed by atoms with E-state index >= 15 is 0 Å². The molecule has 0 heterocycles. The highest BCUT2D eigenvalue weighted by atomic mass is 16.6. The molecule has 136 valence electrons. The van der Waals surface area contributed by atoms with Crippen molar-refractivity contribution in [1.29, 1.82) is 0 Å². The second-order valence-corrected chi connectivity index (χ2v) is 5.39. The standard InChI is InChI=1S/C17H24N4O4/c1-14(2)20-25-12-16(23)19-9-11-21(10-8-18-13-22)17(24)15-6-4-3-5-7-15/h3-7,13H,8-12H2,1-2H3,(H,18,22)(H,19,23). The van der Waals surface area contributed by atoms with Gasteiger partial charge in [-0.25, -0.2) is 0 Å². The van der Waals surface area contributed by atoms with Gasteiger partial charge in [-0.15, -0.1) is 0 Å². The van der Waals surface area contributed by atoms with E-state index in [4.69, 9.17) is 4.84 Å². The van der Waals surface area contributed by atoms with Gasteiger partial charge in [-0.1, -0.05) is 23.4 Å². The normalized spacial score (nSPS) is 9.68.